The van der Waals surface area contributed by atoms with Gasteiger partial charge in [0.25, 0.3) is 10.0 Å². The molecule has 100 valence electrons. The fourth-order valence-electron chi connectivity index (χ4n) is 1.40. The van der Waals surface area contributed by atoms with Crippen molar-refractivity contribution in [2.24, 2.45) is 0 Å². The number of sulfonamides is 1. The monoisotopic (exact) mass is 323 g/mol. The molecular weight excluding hydrogens is 318 g/mol. The van der Waals surface area contributed by atoms with E-state index >= 15 is 0 Å². The highest BCUT2D eigenvalue weighted by molar-refractivity contribution is 7.94. The standard InChI is InChI=1S/C12H6ClN3O2S2/c13-11-5-9(2-1-8(11)6-14)16-20(17,18)12-4-3-10(7-15)19-12/h1-5,16H. The SMILES string of the molecule is N#Cc1ccc(S(=O)(=O)Nc2ccc(C#N)c(Cl)c2)s1. The van der Waals surface area contributed by atoms with E-state index in [1.807, 2.05) is 12.1 Å². The van der Waals surface area contributed by atoms with Crippen LogP contribution in [0.3, 0.4) is 0 Å². The number of anilines is 1. The van der Waals surface area contributed by atoms with E-state index in [-0.39, 0.29) is 20.5 Å². The molecular formula is C12H6ClN3O2S2. The minimum Gasteiger partial charge on any atom is -0.279 e. The quantitative estimate of drug-likeness (QED) is 0.939. The zero-order chi connectivity index (χ0) is 14.8. The van der Waals surface area contributed by atoms with E-state index in [0.29, 0.717) is 4.88 Å². The maximum absolute atomic E-state index is 12.1. The Morgan fingerprint density at radius 1 is 1.15 bits per heavy atom. The van der Waals surface area contributed by atoms with Gasteiger partial charge in [-0.1, -0.05) is 11.6 Å². The van der Waals surface area contributed by atoms with Crippen LogP contribution >= 0.6 is 22.9 Å². The van der Waals surface area contributed by atoms with Gasteiger partial charge in [-0.25, -0.2) is 8.42 Å². The molecule has 20 heavy (non-hydrogen) atoms. The predicted octanol–water partition coefficient (Wildman–Crippen LogP) is 2.95. The highest BCUT2D eigenvalue weighted by Crippen LogP contribution is 2.25. The number of benzene rings is 1. The van der Waals surface area contributed by atoms with Crippen molar-refractivity contribution in [1.82, 2.24) is 0 Å². The lowest BCUT2D eigenvalue weighted by Crippen LogP contribution is -2.11. The molecule has 0 bridgehead atoms. The van der Waals surface area contributed by atoms with Crippen LogP contribution in [0.4, 0.5) is 5.69 Å². The predicted molar refractivity (Wildman–Crippen MR) is 76.0 cm³/mol. The van der Waals surface area contributed by atoms with Crippen molar-refractivity contribution in [2.45, 2.75) is 4.21 Å². The zero-order valence-corrected chi connectivity index (χ0v) is 12.2. The van der Waals surface area contributed by atoms with Gasteiger partial charge < -0.3 is 0 Å². The number of rotatable bonds is 3. The second kappa shape index (κ2) is 5.51. The number of thiophene rings is 1. The number of nitrogens with zero attached hydrogens (tertiary/aromatic N) is 2. The van der Waals surface area contributed by atoms with Crippen LogP contribution in [0.15, 0.2) is 34.5 Å². The van der Waals surface area contributed by atoms with Crippen LogP contribution < -0.4 is 4.72 Å². The first kappa shape index (κ1) is 14.4. The smallest absolute Gasteiger partial charge is 0.271 e. The third-order valence-electron chi connectivity index (χ3n) is 2.30. The fraction of sp³-hybridized carbons (Fsp3) is 0. The van der Waals surface area contributed by atoms with Crippen LogP contribution in [-0.4, -0.2) is 8.42 Å². The van der Waals surface area contributed by atoms with Gasteiger partial charge in [0, 0.05) is 0 Å². The van der Waals surface area contributed by atoms with Crippen molar-refractivity contribution in [2.75, 3.05) is 4.72 Å². The normalized spacial score (nSPS) is 10.6. The molecule has 2 rings (SSSR count). The minimum absolute atomic E-state index is 0.0366. The fourth-order valence-corrected chi connectivity index (χ4v) is 3.77. The Kier molecular flexibility index (Phi) is 3.96. The average molecular weight is 324 g/mol. The van der Waals surface area contributed by atoms with Gasteiger partial charge in [-0.15, -0.1) is 11.3 Å². The van der Waals surface area contributed by atoms with Crippen molar-refractivity contribution in [3.63, 3.8) is 0 Å². The van der Waals surface area contributed by atoms with Crippen molar-refractivity contribution < 1.29 is 8.42 Å². The lowest BCUT2D eigenvalue weighted by atomic mass is 10.2. The number of hydrogen-bond acceptors (Lipinski definition) is 5. The Bertz CT molecular complexity index is 844. The molecule has 0 saturated heterocycles. The number of hydrogen-bond donors (Lipinski definition) is 1. The van der Waals surface area contributed by atoms with E-state index in [0.717, 1.165) is 11.3 Å². The molecule has 0 fully saturated rings. The summed E-state index contributed by atoms with van der Waals surface area (Å²) in [5, 5.41) is 17.6. The summed E-state index contributed by atoms with van der Waals surface area (Å²) in [7, 11) is -3.76. The Balaban J connectivity index is 2.31. The molecule has 8 heteroatoms. The van der Waals surface area contributed by atoms with Gasteiger partial charge >= 0.3 is 0 Å². The van der Waals surface area contributed by atoms with E-state index in [9.17, 15) is 8.42 Å². The van der Waals surface area contributed by atoms with Crippen molar-refractivity contribution in [3.05, 3.63) is 45.8 Å². The molecule has 0 saturated carbocycles. The molecule has 0 amide bonds. The molecule has 0 aliphatic rings. The topological polar surface area (TPSA) is 93.8 Å². The van der Waals surface area contributed by atoms with Gasteiger partial charge in [0.2, 0.25) is 0 Å². The van der Waals surface area contributed by atoms with Gasteiger partial charge in [0.05, 0.1) is 16.3 Å². The third kappa shape index (κ3) is 2.91. The minimum atomic E-state index is -3.76. The summed E-state index contributed by atoms with van der Waals surface area (Å²) in [5.41, 5.74) is 0.512. The summed E-state index contributed by atoms with van der Waals surface area (Å²) in [6, 6.07) is 10.8. The van der Waals surface area contributed by atoms with E-state index < -0.39 is 10.0 Å². The van der Waals surface area contributed by atoms with E-state index in [1.165, 1.54) is 30.3 Å². The Labute approximate surface area is 124 Å². The van der Waals surface area contributed by atoms with E-state index in [2.05, 4.69) is 4.72 Å². The summed E-state index contributed by atoms with van der Waals surface area (Å²) in [5.74, 6) is 0. The molecule has 0 aliphatic heterocycles. The Morgan fingerprint density at radius 3 is 2.45 bits per heavy atom. The molecule has 1 heterocycles. The van der Waals surface area contributed by atoms with Crippen LogP contribution in [0.5, 0.6) is 0 Å². The molecule has 0 aliphatic carbocycles. The molecule has 0 spiro atoms. The zero-order valence-electron chi connectivity index (χ0n) is 9.79. The molecule has 0 atom stereocenters. The number of nitrogens with one attached hydrogen (secondary N) is 1. The third-order valence-corrected chi connectivity index (χ3v) is 5.47. The van der Waals surface area contributed by atoms with Crippen molar-refractivity contribution in [3.8, 4) is 12.1 Å². The van der Waals surface area contributed by atoms with Crippen LogP contribution in [0.2, 0.25) is 5.02 Å². The molecule has 1 aromatic heterocycles. The summed E-state index contributed by atoms with van der Waals surface area (Å²) in [4.78, 5) is 0.309. The van der Waals surface area contributed by atoms with Gasteiger partial charge in [0.15, 0.2) is 0 Å². The number of halogens is 1. The van der Waals surface area contributed by atoms with Crippen molar-refractivity contribution in [1.29, 1.82) is 10.5 Å². The summed E-state index contributed by atoms with van der Waals surface area (Å²) >= 11 is 6.71. The molecule has 0 unspecified atom stereocenters. The Hall–Kier alpha value is -2.06. The second-order valence-electron chi connectivity index (χ2n) is 3.64. The molecule has 1 aromatic carbocycles. The van der Waals surface area contributed by atoms with E-state index in [4.69, 9.17) is 22.1 Å². The maximum Gasteiger partial charge on any atom is 0.271 e. The highest BCUT2D eigenvalue weighted by atomic mass is 35.5. The van der Waals surface area contributed by atoms with Crippen LogP contribution in [-0.2, 0) is 10.0 Å². The van der Waals surface area contributed by atoms with Crippen molar-refractivity contribution >= 4 is 38.6 Å². The average Bonchev–Trinajstić information content (AvgIpc) is 2.88. The molecule has 1 N–H and O–H groups in total. The Morgan fingerprint density at radius 2 is 1.90 bits per heavy atom. The second-order valence-corrected chi connectivity index (χ2v) is 7.04. The van der Waals surface area contributed by atoms with E-state index in [1.54, 1.807) is 0 Å². The van der Waals surface area contributed by atoms with Gasteiger partial charge in [0.1, 0.15) is 21.2 Å². The molecule has 0 radical (unpaired) electrons. The van der Waals surface area contributed by atoms with Gasteiger partial charge in [-0.3, -0.25) is 4.72 Å². The van der Waals surface area contributed by atoms with Crippen LogP contribution in [0.1, 0.15) is 10.4 Å². The summed E-state index contributed by atoms with van der Waals surface area (Å²) in [6.07, 6.45) is 0. The summed E-state index contributed by atoms with van der Waals surface area (Å²) < 4.78 is 26.5. The van der Waals surface area contributed by atoms with Gasteiger partial charge in [-0.2, -0.15) is 10.5 Å². The molecule has 5 nitrogen and oxygen atoms in total. The highest BCUT2D eigenvalue weighted by Gasteiger charge is 2.17. The number of nitriles is 2. The molecule has 2 aromatic rings. The maximum atomic E-state index is 12.1. The first-order valence-corrected chi connectivity index (χ1v) is 7.86. The largest absolute Gasteiger partial charge is 0.279 e. The van der Waals surface area contributed by atoms with Crippen LogP contribution in [0.25, 0.3) is 0 Å². The lowest BCUT2D eigenvalue weighted by Gasteiger charge is -2.06. The first-order valence-electron chi connectivity index (χ1n) is 5.18. The van der Waals surface area contributed by atoms with Gasteiger partial charge in [-0.05, 0) is 30.3 Å². The summed E-state index contributed by atoms with van der Waals surface area (Å²) in [6.45, 7) is 0. The lowest BCUT2D eigenvalue weighted by molar-refractivity contribution is 0.603. The first-order chi connectivity index (χ1) is 9.46. The van der Waals surface area contributed by atoms with Crippen LogP contribution in [0, 0.1) is 22.7 Å².